The van der Waals surface area contributed by atoms with E-state index in [-0.39, 0.29) is 10.8 Å². The Labute approximate surface area is 176 Å². The van der Waals surface area contributed by atoms with E-state index in [0.29, 0.717) is 57.4 Å². The summed E-state index contributed by atoms with van der Waals surface area (Å²) in [6.07, 6.45) is 0.767. The quantitative estimate of drug-likeness (QED) is 0.682. The maximum Gasteiger partial charge on any atom is 0.243 e. The van der Waals surface area contributed by atoms with Crippen LogP contribution in [0.2, 0.25) is 0 Å². The van der Waals surface area contributed by atoms with Crippen molar-refractivity contribution < 1.29 is 22.7 Å². The smallest absolute Gasteiger partial charge is 0.243 e. The second-order valence-electron chi connectivity index (χ2n) is 7.33. The first-order valence-electron chi connectivity index (χ1n) is 10.0. The van der Waals surface area contributed by atoms with Crippen molar-refractivity contribution in [1.82, 2.24) is 14.1 Å². The molecule has 8 nitrogen and oxygen atoms in total. The topological polar surface area (TPSA) is 79.4 Å². The molecule has 0 aliphatic carbocycles. The zero-order valence-electron chi connectivity index (χ0n) is 16.4. The predicted molar refractivity (Wildman–Crippen MR) is 111 cm³/mol. The molecule has 0 bridgehead atoms. The lowest BCUT2D eigenvalue weighted by Gasteiger charge is -2.35. The van der Waals surface area contributed by atoms with Crippen molar-refractivity contribution in [2.24, 2.45) is 0 Å². The minimum Gasteiger partial charge on any atom is -0.490 e. The summed E-state index contributed by atoms with van der Waals surface area (Å²) < 4.78 is 38.8. The second-order valence-corrected chi connectivity index (χ2v) is 10.5. The summed E-state index contributed by atoms with van der Waals surface area (Å²) in [5, 5.41) is 0. The van der Waals surface area contributed by atoms with Gasteiger partial charge in [-0.3, -0.25) is 9.69 Å². The standard InChI is InChI=1S/C19H27N3O5S2/c23-19(15-20-8-12-28-13-9-20)21-4-6-22(7-5-21)29(24,25)16-2-3-17-18(14-16)27-11-1-10-26-17/h2-3,14H,1,4-13,15H2. The van der Waals surface area contributed by atoms with Crippen molar-refractivity contribution in [3.8, 4) is 11.5 Å². The van der Waals surface area contributed by atoms with Crippen LogP contribution < -0.4 is 9.47 Å². The highest BCUT2D eigenvalue weighted by Crippen LogP contribution is 2.33. The van der Waals surface area contributed by atoms with Crippen molar-refractivity contribution in [3.05, 3.63) is 18.2 Å². The molecule has 0 aromatic heterocycles. The number of carbonyl (C=O) groups is 1. The van der Waals surface area contributed by atoms with Crippen LogP contribution >= 0.6 is 11.8 Å². The van der Waals surface area contributed by atoms with Gasteiger partial charge in [-0.05, 0) is 12.1 Å². The molecule has 0 unspecified atom stereocenters. The Kier molecular flexibility index (Phi) is 6.53. The number of carbonyl (C=O) groups excluding carboxylic acids is 1. The van der Waals surface area contributed by atoms with Gasteiger partial charge in [0.15, 0.2) is 11.5 Å². The molecule has 4 rings (SSSR count). The summed E-state index contributed by atoms with van der Waals surface area (Å²) >= 11 is 1.92. The molecule has 0 spiro atoms. The van der Waals surface area contributed by atoms with Crippen molar-refractivity contribution in [2.45, 2.75) is 11.3 Å². The molecule has 1 aromatic carbocycles. The van der Waals surface area contributed by atoms with Gasteiger partial charge in [0, 0.05) is 63.3 Å². The molecule has 1 amide bonds. The Morgan fingerprint density at radius 1 is 0.966 bits per heavy atom. The van der Waals surface area contributed by atoms with Gasteiger partial charge < -0.3 is 14.4 Å². The summed E-state index contributed by atoms with van der Waals surface area (Å²) in [5.74, 6) is 3.26. The summed E-state index contributed by atoms with van der Waals surface area (Å²) in [5.41, 5.74) is 0. The normalized spacial score (nSPS) is 21.6. The van der Waals surface area contributed by atoms with E-state index in [1.807, 2.05) is 11.8 Å². The molecular formula is C19H27N3O5S2. The van der Waals surface area contributed by atoms with Crippen molar-refractivity contribution in [3.63, 3.8) is 0 Å². The van der Waals surface area contributed by atoms with E-state index in [9.17, 15) is 13.2 Å². The van der Waals surface area contributed by atoms with Crippen LogP contribution in [-0.2, 0) is 14.8 Å². The van der Waals surface area contributed by atoms with Crippen LogP contribution in [0.15, 0.2) is 23.1 Å². The molecule has 160 valence electrons. The summed E-state index contributed by atoms with van der Waals surface area (Å²) in [6, 6.07) is 4.76. The number of amides is 1. The zero-order valence-corrected chi connectivity index (χ0v) is 18.0. The number of thioether (sulfide) groups is 1. The first-order chi connectivity index (χ1) is 14.0. The van der Waals surface area contributed by atoms with E-state index in [1.54, 1.807) is 23.1 Å². The fourth-order valence-corrected chi connectivity index (χ4v) is 6.10. The number of benzene rings is 1. The van der Waals surface area contributed by atoms with Crippen LogP contribution in [-0.4, -0.2) is 99.0 Å². The molecule has 2 fully saturated rings. The molecule has 29 heavy (non-hydrogen) atoms. The van der Waals surface area contributed by atoms with Crippen LogP contribution in [0, 0.1) is 0 Å². The van der Waals surface area contributed by atoms with E-state index in [2.05, 4.69) is 4.90 Å². The number of nitrogens with zero attached hydrogens (tertiary/aromatic N) is 3. The van der Waals surface area contributed by atoms with E-state index in [0.717, 1.165) is 31.0 Å². The third-order valence-electron chi connectivity index (χ3n) is 5.41. The van der Waals surface area contributed by atoms with Gasteiger partial charge in [0.25, 0.3) is 0 Å². The number of rotatable bonds is 4. The van der Waals surface area contributed by atoms with Crippen LogP contribution in [0.25, 0.3) is 0 Å². The van der Waals surface area contributed by atoms with Gasteiger partial charge in [0.1, 0.15) is 0 Å². The Morgan fingerprint density at radius 2 is 1.66 bits per heavy atom. The lowest BCUT2D eigenvalue weighted by atomic mass is 10.3. The number of hydrogen-bond donors (Lipinski definition) is 0. The van der Waals surface area contributed by atoms with Crippen LogP contribution in [0.4, 0.5) is 0 Å². The highest BCUT2D eigenvalue weighted by atomic mass is 32.2. The monoisotopic (exact) mass is 441 g/mol. The number of fused-ring (bicyclic) bond motifs is 1. The summed E-state index contributed by atoms with van der Waals surface area (Å²) in [7, 11) is -3.64. The fourth-order valence-electron chi connectivity index (χ4n) is 3.68. The van der Waals surface area contributed by atoms with E-state index in [4.69, 9.17) is 9.47 Å². The minimum atomic E-state index is -3.64. The maximum absolute atomic E-state index is 13.1. The molecule has 0 N–H and O–H groups in total. The summed E-state index contributed by atoms with van der Waals surface area (Å²) in [4.78, 5) is 16.7. The minimum absolute atomic E-state index is 0.0875. The third kappa shape index (κ3) is 4.82. The molecule has 1 aromatic rings. The number of piperazine rings is 1. The molecule has 10 heteroatoms. The molecule has 2 saturated heterocycles. The Hall–Kier alpha value is -1.49. The van der Waals surface area contributed by atoms with Crippen molar-refractivity contribution >= 4 is 27.7 Å². The Bertz CT molecular complexity index is 834. The molecule has 0 radical (unpaired) electrons. The average Bonchev–Trinajstić information content (AvgIpc) is 2.99. The van der Waals surface area contributed by atoms with Crippen LogP contribution in [0.1, 0.15) is 6.42 Å². The average molecular weight is 442 g/mol. The van der Waals surface area contributed by atoms with Gasteiger partial charge in [-0.25, -0.2) is 8.42 Å². The molecular weight excluding hydrogens is 414 g/mol. The third-order valence-corrected chi connectivity index (χ3v) is 8.25. The SMILES string of the molecule is O=C(CN1CCSCC1)N1CCN(S(=O)(=O)c2ccc3c(c2)OCCCO3)CC1. The molecule has 0 atom stereocenters. The molecule has 3 aliphatic rings. The zero-order chi connectivity index (χ0) is 20.3. The van der Waals surface area contributed by atoms with Crippen LogP contribution in [0.5, 0.6) is 11.5 Å². The first kappa shape index (κ1) is 20.8. The van der Waals surface area contributed by atoms with Gasteiger partial charge in [-0.15, -0.1) is 0 Å². The highest BCUT2D eigenvalue weighted by molar-refractivity contribution is 7.99. The highest BCUT2D eigenvalue weighted by Gasteiger charge is 2.31. The van der Waals surface area contributed by atoms with E-state index >= 15 is 0 Å². The number of ether oxygens (including phenoxy) is 2. The first-order valence-corrected chi connectivity index (χ1v) is 12.6. The maximum atomic E-state index is 13.1. The van der Waals surface area contributed by atoms with E-state index in [1.165, 1.54) is 4.31 Å². The molecule has 0 saturated carbocycles. The lowest BCUT2D eigenvalue weighted by Crippen LogP contribution is -2.53. The Morgan fingerprint density at radius 3 is 2.38 bits per heavy atom. The number of hydrogen-bond acceptors (Lipinski definition) is 7. The lowest BCUT2D eigenvalue weighted by molar-refractivity contribution is -0.133. The molecule has 3 aliphatic heterocycles. The molecule has 3 heterocycles. The summed E-state index contributed by atoms with van der Waals surface area (Å²) in [6.45, 7) is 4.82. The Balaban J connectivity index is 1.37. The predicted octanol–water partition coefficient (Wildman–Crippen LogP) is 0.730. The van der Waals surface area contributed by atoms with Gasteiger partial charge in [-0.1, -0.05) is 0 Å². The fraction of sp³-hybridized carbons (Fsp3) is 0.632. The van der Waals surface area contributed by atoms with Crippen molar-refractivity contribution in [2.75, 3.05) is 70.5 Å². The van der Waals surface area contributed by atoms with Gasteiger partial charge in [0.2, 0.25) is 15.9 Å². The van der Waals surface area contributed by atoms with E-state index < -0.39 is 10.0 Å². The van der Waals surface area contributed by atoms with Crippen molar-refractivity contribution in [1.29, 1.82) is 0 Å². The second kappa shape index (κ2) is 9.11. The van der Waals surface area contributed by atoms with Crippen LogP contribution in [0.3, 0.4) is 0 Å². The van der Waals surface area contributed by atoms with Gasteiger partial charge >= 0.3 is 0 Å². The number of sulfonamides is 1. The van der Waals surface area contributed by atoms with Gasteiger partial charge in [-0.2, -0.15) is 16.1 Å². The largest absolute Gasteiger partial charge is 0.490 e. The van der Waals surface area contributed by atoms with Gasteiger partial charge in [0.05, 0.1) is 24.7 Å².